The second-order valence-electron chi connectivity index (χ2n) is 5.87. The zero-order valence-electron chi connectivity index (χ0n) is 12.8. The number of hydrogen-bond acceptors (Lipinski definition) is 2. The fourth-order valence-electron chi connectivity index (χ4n) is 2.81. The Morgan fingerprint density at radius 1 is 1.09 bits per heavy atom. The van der Waals surface area contributed by atoms with Crippen molar-refractivity contribution in [3.8, 4) is 5.75 Å². The number of rotatable bonds is 4. The van der Waals surface area contributed by atoms with Crippen LogP contribution in [0.15, 0.2) is 48.5 Å². The molecular formula is C19H21NO2. The van der Waals surface area contributed by atoms with Crippen molar-refractivity contribution in [2.45, 2.75) is 38.7 Å². The van der Waals surface area contributed by atoms with E-state index in [0.29, 0.717) is 11.7 Å². The maximum absolute atomic E-state index is 12.2. The summed E-state index contributed by atoms with van der Waals surface area (Å²) in [7, 11) is 0. The number of carbonyl (C=O) groups is 1. The first-order chi connectivity index (χ1) is 10.7. The third-order valence-corrected chi connectivity index (χ3v) is 4.00. The molecule has 0 unspecified atom stereocenters. The third-order valence-electron chi connectivity index (χ3n) is 4.00. The van der Waals surface area contributed by atoms with Gasteiger partial charge in [-0.25, -0.2) is 0 Å². The second kappa shape index (κ2) is 6.65. The predicted octanol–water partition coefficient (Wildman–Crippen LogP) is 4.57. The molecule has 3 nitrogen and oxygen atoms in total. The number of nitrogens with one attached hydrogen (secondary N) is 1. The first kappa shape index (κ1) is 14.6. The largest absolute Gasteiger partial charge is 0.490 e. The van der Waals surface area contributed by atoms with Crippen molar-refractivity contribution >= 4 is 11.6 Å². The Labute approximate surface area is 131 Å². The van der Waals surface area contributed by atoms with Gasteiger partial charge in [-0.15, -0.1) is 0 Å². The summed E-state index contributed by atoms with van der Waals surface area (Å²) in [5, 5.41) is 2.91. The fourth-order valence-corrected chi connectivity index (χ4v) is 2.81. The fraction of sp³-hybridized carbons (Fsp3) is 0.316. The Bertz CT molecular complexity index is 643. The minimum atomic E-state index is -0.0897. The number of benzene rings is 2. The standard InChI is InChI=1S/C19H21NO2/c1-14-5-4-6-15(13-14)19(21)20-16-9-11-18(12-10-16)22-17-7-2-3-8-17/h4-6,9-13,17H,2-3,7-8H2,1H3,(H,20,21). The van der Waals surface area contributed by atoms with Gasteiger partial charge in [0.1, 0.15) is 5.75 Å². The number of ether oxygens (including phenoxy) is 1. The van der Waals surface area contributed by atoms with Crippen LogP contribution in [0.25, 0.3) is 0 Å². The van der Waals surface area contributed by atoms with Gasteiger partial charge in [-0.05, 0) is 69.0 Å². The molecule has 0 aliphatic heterocycles. The minimum Gasteiger partial charge on any atom is -0.490 e. The molecule has 0 spiro atoms. The summed E-state index contributed by atoms with van der Waals surface area (Å²) in [5.41, 5.74) is 2.53. The third kappa shape index (κ3) is 3.67. The average Bonchev–Trinajstić information content (AvgIpc) is 3.02. The molecule has 0 aromatic heterocycles. The molecule has 3 rings (SSSR count). The van der Waals surface area contributed by atoms with Gasteiger partial charge in [0.15, 0.2) is 0 Å². The molecule has 0 atom stereocenters. The van der Waals surface area contributed by atoms with Gasteiger partial charge >= 0.3 is 0 Å². The number of amides is 1. The van der Waals surface area contributed by atoms with Crippen LogP contribution in [0.1, 0.15) is 41.6 Å². The van der Waals surface area contributed by atoms with Crippen molar-refractivity contribution in [1.29, 1.82) is 0 Å². The lowest BCUT2D eigenvalue weighted by Crippen LogP contribution is -2.12. The van der Waals surface area contributed by atoms with Crippen molar-refractivity contribution in [3.05, 3.63) is 59.7 Å². The average molecular weight is 295 g/mol. The van der Waals surface area contributed by atoms with Crippen LogP contribution in [-0.2, 0) is 0 Å². The topological polar surface area (TPSA) is 38.3 Å². The van der Waals surface area contributed by atoms with Crippen LogP contribution in [0.3, 0.4) is 0 Å². The summed E-state index contributed by atoms with van der Waals surface area (Å²) in [6.45, 7) is 1.98. The van der Waals surface area contributed by atoms with Gasteiger partial charge in [0.2, 0.25) is 0 Å². The highest BCUT2D eigenvalue weighted by Gasteiger charge is 2.16. The summed E-state index contributed by atoms with van der Waals surface area (Å²) >= 11 is 0. The quantitative estimate of drug-likeness (QED) is 0.897. The molecule has 2 aromatic rings. The lowest BCUT2D eigenvalue weighted by Gasteiger charge is -2.13. The molecule has 1 saturated carbocycles. The monoisotopic (exact) mass is 295 g/mol. The minimum absolute atomic E-state index is 0.0897. The lowest BCUT2D eigenvalue weighted by atomic mass is 10.1. The Kier molecular flexibility index (Phi) is 4.42. The van der Waals surface area contributed by atoms with Crippen molar-refractivity contribution in [3.63, 3.8) is 0 Å². The highest BCUT2D eigenvalue weighted by atomic mass is 16.5. The van der Waals surface area contributed by atoms with E-state index in [-0.39, 0.29) is 5.91 Å². The zero-order valence-corrected chi connectivity index (χ0v) is 12.8. The Balaban J connectivity index is 1.61. The van der Waals surface area contributed by atoms with Gasteiger partial charge in [-0.2, -0.15) is 0 Å². The Morgan fingerprint density at radius 3 is 2.50 bits per heavy atom. The first-order valence-corrected chi connectivity index (χ1v) is 7.85. The van der Waals surface area contributed by atoms with Gasteiger partial charge in [0.25, 0.3) is 5.91 Å². The van der Waals surface area contributed by atoms with Crippen LogP contribution in [0, 0.1) is 6.92 Å². The molecule has 0 heterocycles. The van der Waals surface area contributed by atoms with Gasteiger partial charge in [0, 0.05) is 11.3 Å². The maximum atomic E-state index is 12.2. The molecule has 1 amide bonds. The van der Waals surface area contributed by atoms with Crippen molar-refractivity contribution < 1.29 is 9.53 Å². The van der Waals surface area contributed by atoms with E-state index < -0.39 is 0 Å². The SMILES string of the molecule is Cc1cccc(C(=O)Nc2ccc(OC3CCCC3)cc2)c1. The number of aryl methyl sites for hydroxylation is 1. The summed E-state index contributed by atoms with van der Waals surface area (Å²) in [5.74, 6) is 0.786. The van der Waals surface area contributed by atoms with Crippen molar-refractivity contribution in [2.24, 2.45) is 0 Å². The molecular weight excluding hydrogens is 274 g/mol. The normalized spacial score (nSPS) is 14.8. The van der Waals surface area contributed by atoms with E-state index in [1.54, 1.807) is 0 Å². The van der Waals surface area contributed by atoms with Crippen molar-refractivity contribution in [2.75, 3.05) is 5.32 Å². The van der Waals surface area contributed by atoms with Gasteiger partial charge in [0.05, 0.1) is 6.10 Å². The molecule has 0 bridgehead atoms. The Hall–Kier alpha value is -2.29. The van der Waals surface area contributed by atoms with E-state index in [2.05, 4.69) is 5.32 Å². The lowest BCUT2D eigenvalue weighted by molar-refractivity contribution is 0.102. The molecule has 1 fully saturated rings. The van der Waals surface area contributed by atoms with E-state index in [1.165, 1.54) is 12.8 Å². The summed E-state index contributed by atoms with van der Waals surface area (Å²) in [4.78, 5) is 12.2. The molecule has 1 aliphatic carbocycles. The van der Waals surface area contributed by atoms with Crippen LogP contribution in [-0.4, -0.2) is 12.0 Å². The van der Waals surface area contributed by atoms with Gasteiger partial charge in [-0.3, -0.25) is 4.79 Å². The molecule has 0 saturated heterocycles. The molecule has 2 aromatic carbocycles. The summed E-state index contributed by atoms with van der Waals surface area (Å²) < 4.78 is 5.92. The second-order valence-corrected chi connectivity index (χ2v) is 5.87. The van der Waals surface area contributed by atoms with E-state index in [0.717, 1.165) is 29.8 Å². The summed E-state index contributed by atoms with van der Waals surface area (Å²) in [6, 6.07) is 15.2. The molecule has 1 N–H and O–H groups in total. The summed E-state index contributed by atoms with van der Waals surface area (Å²) in [6.07, 6.45) is 5.16. The molecule has 3 heteroatoms. The van der Waals surface area contributed by atoms with Crippen LogP contribution in [0.5, 0.6) is 5.75 Å². The molecule has 0 radical (unpaired) electrons. The maximum Gasteiger partial charge on any atom is 0.255 e. The number of hydrogen-bond donors (Lipinski definition) is 1. The van der Waals surface area contributed by atoms with Crippen molar-refractivity contribution in [1.82, 2.24) is 0 Å². The Morgan fingerprint density at radius 2 is 1.82 bits per heavy atom. The molecule has 22 heavy (non-hydrogen) atoms. The van der Waals surface area contributed by atoms with E-state index >= 15 is 0 Å². The van der Waals surface area contributed by atoms with E-state index in [1.807, 2.05) is 55.5 Å². The number of anilines is 1. The first-order valence-electron chi connectivity index (χ1n) is 7.85. The van der Waals surface area contributed by atoms with E-state index in [9.17, 15) is 4.79 Å². The van der Waals surface area contributed by atoms with Gasteiger partial charge in [-0.1, -0.05) is 17.7 Å². The van der Waals surface area contributed by atoms with Gasteiger partial charge < -0.3 is 10.1 Å². The molecule has 1 aliphatic rings. The highest BCUT2D eigenvalue weighted by molar-refractivity contribution is 6.04. The van der Waals surface area contributed by atoms with E-state index in [4.69, 9.17) is 4.74 Å². The smallest absolute Gasteiger partial charge is 0.255 e. The van der Waals surface area contributed by atoms with Crippen LogP contribution >= 0.6 is 0 Å². The van der Waals surface area contributed by atoms with Crippen LogP contribution in [0.4, 0.5) is 5.69 Å². The highest BCUT2D eigenvalue weighted by Crippen LogP contribution is 2.25. The van der Waals surface area contributed by atoms with Crippen LogP contribution in [0.2, 0.25) is 0 Å². The molecule has 114 valence electrons. The number of carbonyl (C=O) groups excluding carboxylic acids is 1. The zero-order chi connectivity index (χ0) is 15.4. The predicted molar refractivity (Wildman–Crippen MR) is 88.5 cm³/mol. The van der Waals surface area contributed by atoms with Crippen LogP contribution < -0.4 is 10.1 Å².